The number of aromatic amines is 1. The minimum Gasteiger partial charge on any atom is -0.497 e. The summed E-state index contributed by atoms with van der Waals surface area (Å²) in [4.78, 5) is 4.67. The standard InChI is InChI=1S/C15H14N6O/c1-21-6-5-13(20-21)18-15-14-11(8-16-19-14)10-7-9(22-2)3-4-12(10)17-15/h3-8H,1-2H3,(H,16,19)(H,17,18,20). The summed E-state index contributed by atoms with van der Waals surface area (Å²) in [7, 11) is 3.52. The zero-order valence-electron chi connectivity index (χ0n) is 12.2. The van der Waals surface area contributed by atoms with Gasteiger partial charge >= 0.3 is 0 Å². The van der Waals surface area contributed by atoms with Crippen molar-refractivity contribution in [3.05, 3.63) is 36.7 Å². The number of nitrogens with one attached hydrogen (secondary N) is 2. The number of aryl methyl sites for hydroxylation is 1. The number of H-pyrrole nitrogens is 1. The van der Waals surface area contributed by atoms with Crippen LogP contribution in [0.15, 0.2) is 36.7 Å². The van der Waals surface area contributed by atoms with Gasteiger partial charge in [-0.15, -0.1) is 0 Å². The van der Waals surface area contributed by atoms with E-state index in [-0.39, 0.29) is 0 Å². The van der Waals surface area contributed by atoms with Crippen molar-refractivity contribution in [1.82, 2.24) is 25.0 Å². The number of benzene rings is 1. The minimum atomic E-state index is 0.698. The average molecular weight is 294 g/mol. The maximum atomic E-state index is 5.29. The zero-order chi connectivity index (χ0) is 15.1. The number of fused-ring (bicyclic) bond motifs is 3. The van der Waals surface area contributed by atoms with Crippen LogP contribution in [-0.2, 0) is 7.05 Å². The molecule has 0 spiro atoms. The summed E-state index contributed by atoms with van der Waals surface area (Å²) in [6.45, 7) is 0. The Kier molecular flexibility index (Phi) is 2.72. The lowest BCUT2D eigenvalue weighted by molar-refractivity contribution is 0.415. The van der Waals surface area contributed by atoms with Gasteiger partial charge in [0.05, 0.1) is 18.8 Å². The topological polar surface area (TPSA) is 80.6 Å². The molecular formula is C15H14N6O. The summed E-state index contributed by atoms with van der Waals surface area (Å²) in [5.41, 5.74) is 1.71. The van der Waals surface area contributed by atoms with E-state index in [0.717, 1.165) is 33.4 Å². The number of pyridine rings is 1. The molecule has 3 heterocycles. The highest BCUT2D eigenvalue weighted by Gasteiger charge is 2.12. The molecule has 22 heavy (non-hydrogen) atoms. The van der Waals surface area contributed by atoms with E-state index >= 15 is 0 Å². The highest BCUT2D eigenvalue weighted by Crippen LogP contribution is 2.31. The van der Waals surface area contributed by atoms with Crippen molar-refractivity contribution in [2.75, 3.05) is 12.4 Å². The lowest BCUT2D eigenvalue weighted by atomic mass is 10.1. The van der Waals surface area contributed by atoms with Crippen molar-refractivity contribution >= 4 is 33.4 Å². The Morgan fingerprint density at radius 2 is 2.14 bits per heavy atom. The lowest BCUT2D eigenvalue weighted by Gasteiger charge is -2.08. The molecule has 1 aromatic carbocycles. The molecule has 7 nitrogen and oxygen atoms in total. The van der Waals surface area contributed by atoms with Gasteiger partial charge < -0.3 is 10.1 Å². The maximum Gasteiger partial charge on any atom is 0.158 e. The number of hydrogen-bond donors (Lipinski definition) is 2. The molecule has 110 valence electrons. The minimum absolute atomic E-state index is 0.698. The van der Waals surface area contributed by atoms with Crippen LogP contribution in [0.1, 0.15) is 0 Å². The van der Waals surface area contributed by atoms with Gasteiger partial charge in [0.1, 0.15) is 11.3 Å². The molecule has 0 aliphatic rings. The Balaban J connectivity index is 1.92. The first-order valence-corrected chi connectivity index (χ1v) is 6.82. The van der Waals surface area contributed by atoms with Crippen molar-refractivity contribution in [2.45, 2.75) is 0 Å². The van der Waals surface area contributed by atoms with E-state index in [0.29, 0.717) is 5.82 Å². The van der Waals surface area contributed by atoms with Gasteiger partial charge in [-0.05, 0) is 18.2 Å². The highest BCUT2D eigenvalue weighted by atomic mass is 16.5. The first-order valence-electron chi connectivity index (χ1n) is 6.82. The van der Waals surface area contributed by atoms with Crippen LogP contribution in [0.4, 0.5) is 11.6 Å². The smallest absolute Gasteiger partial charge is 0.158 e. The number of anilines is 2. The molecule has 3 aromatic heterocycles. The Morgan fingerprint density at radius 1 is 1.23 bits per heavy atom. The second-order valence-electron chi connectivity index (χ2n) is 5.00. The number of methoxy groups -OCH3 is 1. The quantitative estimate of drug-likeness (QED) is 0.607. The fraction of sp³-hybridized carbons (Fsp3) is 0.133. The van der Waals surface area contributed by atoms with Crippen molar-refractivity contribution in [1.29, 1.82) is 0 Å². The molecule has 0 bridgehead atoms. The van der Waals surface area contributed by atoms with Gasteiger partial charge in [-0.2, -0.15) is 10.2 Å². The summed E-state index contributed by atoms with van der Waals surface area (Å²) in [6, 6.07) is 7.68. The van der Waals surface area contributed by atoms with E-state index in [9.17, 15) is 0 Å². The van der Waals surface area contributed by atoms with Gasteiger partial charge in [-0.3, -0.25) is 9.78 Å². The Labute approximate surface area is 125 Å². The maximum absolute atomic E-state index is 5.29. The molecule has 4 rings (SSSR count). The molecule has 0 amide bonds. The third-order valence-corrected chi connectivity index (χ3v) is 3.56. The lowest BCUT2D eigenvalue weighted by Crippen LogP contribution is -1.98. The molecule has 0 atom stereocenters. The van der Waals surface area contributed by atoms with Crippen molar-refractivity contribution < 1.29 is 4.74 Å². The first-order chi connectivity index (χ1) is 10.7. The van der Waals surface area contributed by atoms with Gasteiger partial charge in [-0.25, -0.2) is 4.98 Å². The monoisotopic (exact) mass is 294 g/mol. The van der Waals surface area contributed by atoms with Crippen LogP contribution in [-0.4, -0.2) is 32.1 Å². The highest BCUT2D eigenvalue weighted by molar-refractivity contribution is 6.09. The predicted molar refractivity (Wildman–Crippen MR) is 84.4 cm³/mol. The molecule has 0 unspecified atom stereocenters. The summed E-state index contributed by atoms with van der Waals surface area (Å²) in [5, 5.41) is 16.7. The Morgan fingerprint density at radius 3 is 2.91 bits per heavy atom. The predicted octanol–water partition coefficient (Wildman–Crippen LogP) is 2.60. The van der Waals surface area contributed by atoms with Crippen LogP contribution in [0.25, 0.3) is 21.8 Å². The van der Waals surface area contributed by atoms with Crippen LogP contribution >= 0.6 is 0 Å². The summed E-state index contributed by atoms with van der Waals surface area (Å²) >= 11 is 0. The Bertz CT molecular complexity index is 971. The molecule has 4 aromatic rings. The molecule has 0 radical (unpaired) electrons. The van der Waals surface area contributed by atoms with Gasteiger partial charge in [0.25, 0.3) is 0 Å². The molecule has 0 fully saturated rings. The van der Waals surface area contributed by atoms with E-state index in [4.69, 9.17) is 4.74 Å². The summed E-state index contributed by atoms with van der Waals surface area (Å²) in [5.74, 6) is 2.23. The fourth-order valence-corrected chi connectivity index (χ4v) is 2.50. The van der Waals surface area contributed by atoms with Crippen LogP contribution in [0.3, 0.4) is 0 Å². The van der Waals surface area contributed by atoms with Crippen molar-refractivity contribution in [3.63, 3.8) is 0 Å². The third-order valence-electron chi connectivity index (χ3n) is 3.56. The van der Waals surface area contributed by atoms with Crippen LogP contribution in [0.5, 0.6) is 5.75 Å². The van der Waals surface area contributed by atoms with E-state index in [1.807, 2.05) is 37.5 Å². The second kappa shape index (κ2) is 4.73. The van der Waals surface area contributed by atoms with Crippen LogP contribution in [0, 0.1) is 0 Å². The van der Waals surface area contributed by atoms with Crippen molar-refractivity contribution in [3.8, 4) is 5.75 Å². The third kappa shape index (κ3) is 1.95. The SMILES string of the molecule is COc1ccc2nc(Nc3ccn(C)n3)c3[nH]ncc3c2c1. The number of aromatic nitrogens is 5. The number of hydrogen-bond acceptors (Lipinski definition) is 5. The molecule has 0 aliphatic carbocycles. The molecule has 0 saturated carbocycles. The molecule has 7 heteroatoms. The number of ether oxygens (including phenoxy) is 1. The van der Waals surface area contributed by atoms with Gasteiger partial charge in [0.15, 0.2) is 11.6 Å². The van der Waals surface area contributed by atoms with E-state index in [1.165, 1.54) is 0 Å². The fourth-order valence-electron chi connectivity index (χ4n) is 2.50. The normalized spacial score (nSPS) is 11.2. The van der Waals surface area contributed by atoms with E-state index < -0.39 is 0 Å². The summed E-state index contributed by atoms with van der Waals surface area (Å²) in [6.07, 6.45) is 3.67. The molecule has 0 aliphatic heterocycles. The van der Waals surface area contributed by atoms with Crippen molar-refractivity contribution in [2.24, 2.45) is 7.05 Å². The van der Waals surface area contributed by atoms with Gasteiger partial charge in [0.2, 0.25) is 0 Å². The molecular weight excluding hydrogens is 280 g/mol. The van der Waals surface area contributed by atoms with E-state index in [2.05, 4.69) is 25.6 Å². The van der Waals surface area contributed by atoms with E-state index in [1.54, 1.807) is 18.0 Å². The van der Waals surface area contributed by atoms with Gasteiger partial charge in [0, 0.05) is 30.1 Å². The number of rotatable bonds is 3. The first kappa shape index (κ1) is 12.6. The van der Waals surface area contributed by atoms with Crippen LogP contribution < -0.4 is 10.1 Å². The summed E-state index contributed by atoms with van der Waals surface area (Å²) < 4.78 is 7.02. The molecule has 2 N–H and O–H groups in total. The van der Waals surface area contributed by atoms with Gasteiger partial charge in [-0.1, -0.05) is 0 Å². The second-order valence-corrected chi connectivity index (χ2v) is 5.00. The van der Waals surface area contributed by atoms with Crippen LogP contribution in [0.2, 0.25) is 0 Å². The number of nitrogens with zero attached hydrogens (tertiary/aromatic N) is 4. The average Bonchev–Trinajstić information content (AvgIpc) is 3.16. The zero-order valence-corrected chi connectivity index (χ0v) is 12.2. The largest absolute Gasteiger partial charge is 0.497 e. The molecule has 0 saturated heterocycles. The Hall–Kier alpha value is -3.09.